The van der Waals surface area contributed by atoms with E-state index < -0.39 is 17.6 Å². The largest absolute Gasteiger partial charge is 0.496 e. The Balaban J connectivity index is 1.58. The van der Waals surface area contributed by atoms with E-state index in [2.05, 4.69) is 20.8 Å². The van der Waals surface area contributed by atoms with Crippen LogP contribution in [0.5, 0.6) is 5.75 Å². The average molecular weight is 556 g/mol. The topological polar surface area (TPSA) is 98.1 Å². The number of nitrogens with zero attached hydrogens (tertiary/aromatic N) is 3. The predicted molar refractivity (Wildman–Crippen MR) is 141 cm³/mol. The van der Waals surface area contributed by atoms with Gasteiger partial charge < -0.3 is 15.4 Å². The maximum absolute atomic E-state index is 13.4. The van der Waals surface area contributed by atoms with Gasteiger partial charge in [0, 0.05) is 5.69 Å². The van der Waals surface area contributed by atoms with Gasteiger partial charge in [0.1, 0.15) is 5.75 Å². The number of hydrogen-bond donors (Lipinski definition) is 2. The fourth-order valence-electron chi connectivity index (χ4n) is 3.73. The number of carbonyl (C=O) groups is 2. The average Bonchev–Trinajstić information content (AvgIpc) is 3.33. The summed E-state index contributed by atoms with van der Waals surface area (Å²) in [6.07, 6.45) is -4.57. The van der Waals surface area contributed by atoms with Gasteiger partial charge in [0.2, 0.25) is 5.91 Å². The molecule has 0 aliphatic heterocycles. The van der Waals surface area contributed by atoms with E-state index in [1.54, 1.807) is 30.3 Å². The molecule has 3 aromatic carbocycles. The van der Waals surface area contributed by atoms with Crippen LogP contribution in [0.3, 0.4) is 0 Å². The summed E-state index contributed by atoms with van der Waals surface area (Å²) in [4.78, 5) is 25.4. The quantitative estimate of drug-likeness (QED) is 0.273. The van der Waals surface area contributed by atoms with E-state index >= 15 is 0 Å². The molecule has 0 aliphatic rings. The molecule has 8 nitrogen and oxygen atoms in total. The minimum absolute atomic E-state index is 0.0708. The van der Waals surface area contributed by atoms with Crippen LogP contribution in [-0.4, -0.2) is 39.4 Å². The van der Waals surface area contributed by atoms with Gasteiger partial charge in [-0.05, 0) is 55.0 Å². The van der Waals surface area contributed by atoms with Crippen LogP contribution in [0.15, 0.2) is 78.0 Å². The molecular formula is C27H24F3N5O3S. The first-order valence-electron chi connectivity index (χ1n) is 11.7. The van der Waals surface area contributed by atoms with E-state index in [0.717, 1.165) is 29.5 Å². The fourth-order valence-corrected chi connectivity index (χ4v) is 4.50. The fraction of sp³-hybridized carbons (Fsp3) is 0.185. The van der Waals surface area contributed by atoms with Crippen molar-refractivity contribution in [2.75, 3.05) is 18.2 Å². The van der Waals surface area contributed by atoms with E-state index in [-0.39, 0.29) is 40.4 Å². The number of methoxy groups -OCH3 is 1. The highest BCUT2D eigenvalue weighted by Gasteiger charge is 2.31. The molecule has 0 radical (unpaired) electrons. The van der Waals surface area contributed by atoms with Gasteiger partial charge in [-0.1, -0.05) is 42.1 Å². The zero-order chi connectivity index (χ0) is 28.0. The monoisotopic (exact) mass is 555 g/mol. The molecular weight excluding hydrogens is 531 g/mol. The number of carbonyl (C=O) groups excluding carboxylic acids is 2. The van der Waals surface area contributed by atoms with Crippen LogP contribution >= 0.6 is 11.8 Å². The van der Waals surface area contributed by atoms with Gasteiger partial charge in [0.05, 0.1) is 36.2 Å². The zero-order valence-corrected chi connectivity index (χ0v) is 21.8. The van der Waals surface area contributed by atoms with Gasteiger partial charge in [0.15, 0.2) is 11.0 Å². The van der Waals surface area contributed by atoms with Gasteiger partial charge in [-0.2, -0.15) is 13.2 Å². The SMILES string of the molecule is COc1ccccc1C(=O)NCc1nnc(SCC(=O)Nc2cccc(C)c2)n1-c1cccc(C(F)(F)F)c1. The van der Waals surface area contributed by atoms with Crippen molar-refractivity contribution in [3.63, 3.8) is 0 Å². The lowest BCUT2D eigenvalue weighted by molar-refractivity contribution is -0.137. The van der Waals surface area contributed by atoms with E-state index in [1.165, 1.54) is 23.8 Å². The maximum Gasteiger partial charge on any atom is 0.416 e. The molecule has 0 bridgehead atoms. The molecule has 0 unspecified atom stereocenters. The van der Waals surface area contributed by atoms with Crippen LogP contribution in [-0.2, 0) is 17.5 Å². The van der Waals surface area contributed by atoms with Crippen molar-refractivity contribution in [3.05, 3.63) is 95.3 Å². The Morgan fingerprint density at radius 1 is 1.00 bits per heavy atom. The molecule has 2 N–H and O–H groups in total. The molecule has 0 spiro atoms. The maximum atomic E-state index is 13.4. The summed E-state index contributed by atoms with van der Waals surface area (Å²) in [5.74, 6) is -0.309. The number of benzene rings is 3. The third-order valence-electron chi connectivity index (χ3n) is 5.52. The van der Waals surface area contributed by atoms with Crippen molar-refractivity contribution >= 4 is 29.3 Å². The number of ether oxygens (including phenoxy) is 1. The number of aryl methyl sites for hydroxylation is 1. The van der Waals surface area contributed by atoms with Gasteiger partial charge in [-0.25, -0.2) is 0 Å². The Labute approximate surface area is 226 Å². The molecule has 4 aromatic rings. The molecule has 202 valence electrons. The number of alkyl halides is 3. The number of anilines is 1. The number of rotatable bonds is 9. The molecule has 0 saturated carbocycles. The number of para-hydroxylation sites is 1. The first-order chi connectivity index (χ1) is 18.7. The van der Waals surface area contributed by atoms with E-state index in [9.17, 15) is 22.8 Å². The second kappa shape index (κ2) is 12.0. The van der Waals surface area contributed by atoms with Gasteiger partial charge in [-0.15, -0.1) is 10.2 Å². The van der Waals surface area contributed by atoms with Crippen molar-refractivity contribution < 1.29 is 27.5 Å². The molecule has 1 aromatic heterocycles. The Kier molecular flexibility index (Phi) is 8.55. The van der Waals surface area contributed by atoms with E-state index in [4.69, 9.17) is 4.74 Å². The van der Waals surface area contributed by atoms with Crippen molar-refractivity contribution in [2.24, 2.45) is 0 Å². The summed E-state index contributed by atoms with van der Waals surface area (Å²) in [6.45, 7) is 1.76. The highest BCUT2D eigenvalue weighted by molar-refractivity contribution is 7.99. The van der Waals surface area contributed by atoms with Crippen LogP contribution in [0, 0.1) is 6.92 Å². The minimum Gasteiger partial charge on any atom is -0.496 e. The number of amides is 2. The van der Waals surface area contributed by atoms with E-state index in [0.29, 0.717) is 11.4 Å². The Morgan fingerprint density at radius 2 is 1.77 bits per heavy atom. The minimum atomic E-state index is -4.57. The second-order valence-corrected chi connectivity index (χ2v) is 9.31. The molecule has 1 heterocycles. The van der Waals surface area contributed by atoms with Gasteiger partial charge >= 0.3 is 6.18 Å². The number of thioether (sulfide) groups is 1. The molecule has 0 fully saturated rings. The Hall–Kier alpha value is -4.32. The molecule has 2 amide bonds. The van der Waals surface area contributed by atoms with E-state index in [1.807, 2.05) is 25.1 Å². The lowest BCUT2D eigenvalue weighted by Gasteiger charge is -2.14. The predicted octanol–water partition coefficient (Wildman–Crippen LogP) is 5.26. The van der Waals surface area contributed by atoms with Crippen molar-refractivity contribution in [3.8, 4) is 11.4 Å². The van der Waals surface area contributed by atoms with Crippen LogP contribution in [0.4, 0.5) is 18.9 Å². The molecule has 12 heteroatoms. The highest BCUT2D eigenvalue weighted by atomic mass is 32.2. The number of halogens is 3. The smallest absolute Gasteiger partial charge is 0.416 e. The Bertz CT molecular complexity index is 1490. The third kappa shape index (κ3) is 6.96. The standard InChI is InChI=1S/C27H24F3N5O3S/c1-17-7-5-9-19(13-17)32-24(36)16-39-26-34-33-23(15-31-25(37)21-11-3-4-12-22(21)38-2)35(26)20-10-6-8-18(14-20)27(28,29)30/h3-14H,15-16H2,1-2H3,(H,31,37)(H,32,36). The van der Waals surface area contributed by atoms with Crippen LogP contribution in [0.2, 0.25) is 0 Å². The summed E-state index contributed by atoms with van der Waals surface area (Å²) in [5, 5.41) is 13.9. The summed E-state index contributed by atoms with van der Waals surface area (Å²) < 4.78 is 46.9. The molecule has 39 heavy (non-hydrogen) atoms. The third-order valence-corrected chi connectivity index (χ3v) is 6.45. The number of nitrogens with one attached hydrogen (secondary N) is 2. The number of aromatic nitrogens is 3. The Morgan fingerprint density at radius 3 is 2.51 bits per heavy atom. The van der Waals surface area contributed by atoms with Crippen LogP contribution in [0.25, 0.3) is 5.69 Å². The summed E-state index contributed by atoms with van der Waals surface area (Å²) >= 11 is 1.01. The summed E-state index contributed by atoms with van der Waals surface area (Å²) in [7, 11) is 1.44. The molecule has 0 saturated heterocycles. The highest BCUT2D eigenvalue weighted by Crippen LogP contribution is 2.32. The van der Waals surface area contributed by atoms with Crippen LogP contribution in [0.1, 0.15) is 27.3 Å². The summed E-state index contributed by atoms with van der Waals surface area (Å²) in [5.41, 5.74) is 1.17. The molecule has 0 atom stereocenters. The first kappa shape index (κ1) is 27.7. The molecule has 0 aliphatic carbocycles. The van der Waals surface area contributed by atoms with Gasteiger partial charge in [0.25, 0.3) is 5.91 Å². The molecule has 4 rings (SSSR count). The summed E-state index contributed by atoms with van der Waals surface area (Å²) in [6, 6.07) is 18.6. The lowest BCUT2D eigenvalue weighted by Crippen LogP contribution is -2.25. The lowest BCUT2D eigenvalue weighted by atomic mass is 10.2. The van der Waals surface area contributed by atoms with Crippen molar-refractivity contribution in [2.45, 2.75) is 24.8 Å². The normalized spacial score (nSPS) is 11.2. The zero-order valence-electron chi connectivity index (χ0n) is 21.0. The first-order valence-corrected chi connectivity index (χ1v) is 12.7. The van der Waals surface area contributed by atoms with Crippen molar-refractivity contribution in [1.29, 1.82) is 0 Å². The van der Waals surface area contributed by atoms with Gasteiger partial charge in [-0.3, -0.25) is 14.2 Å². The number of hydrogen-bond acceptors (Lipinski definition) is 6. The van der Waals surface area contributed by atoms with Crippen LogP contribution < -0.4 is 15.4 Å². The van der Waals surface area contributed by atoms with Crippen molar-refractivity contribution in [1.82, 2.24) is 20.1 Å². The second-order valence-electron chi connectivity index (χ2n) is 8.37.